The van der Waals surface area contributed by atoms with Crippen molar-refractivity contribution in [3.05, 3.63) is 95.1 Å². The number of amides is 1. The summed E-state index contributed by atoms with van der Waals surface area (Å²) in [7, 11) is -1.18. The summed E-state index contributed by atoms with van der Waals surface area (Å²) >= 11 is 0. The van der Waals surface area contributed by atoms with Crippen molar-refractivity contribution in [1.82, 2.24) is 9.62 Å². The maximum atomic E-state index is 13.2. The molecule has 9 nitrogen and oxygen atoms in total. The summed E-state index contributed by atoms with van der Waals surface area (Å²) in [6.45, 7) is 3.89. The van der Waals surface area contributed by atoms with Crippen molar-refractivity contribution in [2.45, 2.75) is 19.9 Å². The minimum Gasteiger partial charge on any atom is -0.462 e. The number of rotatable bonds is 12. The lowest BCUT2D eigenvalue weighted by molar-refractivity contribution is -0.110. The monoisotopic (exact) mass is 562 g/mol. The molecule has 1 heterocycles. The number of hydrogen-bond acceptors (Lipinski definition) is 7. The number of carbonyl (C=O) groups excluding carboxylic acids is 2. The predicted molar refractivity (Wildman–Crippen MR) is 158 cm³/mol. The molecule has 4 rings (SSSR count). The molecule has 0 saturated carbocycles. The number of hydrogen-bond donors (Lipinski definition) is 3. The van der Waals surface area contributed by atoms with Gasteiger partial charge in [0.05, 0.1) is 35.4 Å². The van der Waals surface area contributed by atoms with Crippen LogP contribution in [0.25, 0.3) is 11.3 Å². The highest BCUT2D eigenvalue weighted by Crippen LogP contribution is 2.38. The molecule has 1 aliphatic heterocycles. The second kappa shape index (κ2) is 12.9. The average Bonchev–Trinajstić information content (AvgIpc) is 3.25. The van der Waals surface area contributed by atoms with E-state index in [0.29, 0.717) is 47.6 Å². The Morgan fingerprint density at radius 3 is 2.40 bits per heavy atom. The van der Waals surface area contributed by atoms with Gasteiger partial charge in [0.1, 0.15) is 0 Å². The standard InChI is InChI=1S/C30H34N4O5S/c1-4-39-30(36)23-13-16-25-26(19-23)33-29(35)27(25)28(22-9-6-5-7-10-22)32-24-14-11-21(12-15-24)20-34(2)18-8-17-31-40(3,37)38/h5-7,9-16,19,31-32H,4,8,17-18,20H2,1-3H3,(H,33,35)/b28-27-. The summed E-state index contributed by atoms with van der Waals surface area (Å²) in [5, 5.41) is 6.34. The molecular formula is C30H34N4O5S. The lowest BCUT2D eigenvalue weighted by Crippen LogP contribution is -2.27. The fraction of sp³-hybridized carbons (Fsp3) is 0.267. The molecule has 40 heavy (non-hydrogen) atoms. The number of carbonyl (C=O) groups is 2. The van der Waals surface area contributed by atoms with Crippen molar-refractivity contribution in [3.63, 3.8) is 0 Å². The van der Waals surface area contributed by atoms with Gasteiger partial charge in [-0.1, -0.05) is 48.5 Å². The molecule has 0 aromatic heterocycles. The molecule has 3 N–H and O–H groups in total. The molecule has 0 spiro atoms. The highest BCUT2D eigenvalue weighted by molar-refractivity contribution is 7.88. The van der Waals surface area contributed by atoms with Crippen LogP contribution in [0.3, 0.4) is 0 Å². The van der Waals surface area contributed by atoms with Crippen molar-refractivity contribution in [2.75, 3.05) is 43.6 Å². The van der Waals surface area contributed by atoms with Crippen LogP contribution in [0, 0.1) is 0 Å². The van der Waals surface area contributed by atoms with Crippen LogP contribution in [0.4, 0.5) is 11.4 Å². The molecule has 0 saturated heterocycles. The first-order chi connectivity index (χ1) is 19.1. The van der Waals surface area contributed by atoms with Gasteiger partial charge >= 0.3 is 5.97 Å². The smallest absolute Gasteiger partial charge is 0.338 e. The quantitative estimate of drug-likeness (QED) is 0.172. The van der Waals surface area contributed by atoms with Crippen LogP contribution in [0.2, 0.25) is 0 Å². The second-order valence-electron chi connectivity index (χ2n) is 9.63. The largest absolute Gasteiger partial charge is 0.462 e. The highest BCUT2D eigenvalue weighted by Gasteiger charge is 2.29. The normalized spacial score (nSPS) is 14.1. The van der Waals surface area contributed by atoms with E-state index in [1.807, 2.05) is 61.6 Å². The van der Waals surface area contributed by atoms with E-state index in [4.69, 9.17) is 4.74 Å². The second-order valence-corrected chi connectivity index (χ2v) is 11.5. The number of anilines is 2. The van der Waals surface area contributed by atoms with E-state index in [1.54, 1.807) is 25.1 Å². The number of ether oxygens (including phenoxy) is 1. The van der Waals surface area contributed by atoms with Gasteiger partial charge < -0.3 is 20.3 Å². The molecule has 1 aliphatic rings. The first-order valence-corrected chi connectivity index (χ1v) is 15.0. The number of nitrogens with zero attached hydrogens (tertiary/aromatic N) is 1. The molecule has 0 atom stereocenters. The highest BCUT2D eigenvalue weighted by atomic mass is 32.2. The van der Waals surface area contributed by atoms with Gasteiger partial charge in [0, 0.05) is 24.3 Å². The zero-order valence-corrected chi connectivity index (χ0v) is 23.7. The average molecular weight is 563 g/mol. The van der Waals surface area contributed by atoms with Crippen LogP contribution in [-0.2, 0) is 26.1 Å². The van der Waals surface area contributed by atoms with E-state index in [-0.39, 0.29) is 12.5 Å². The molecule has 0 radical (unpaired) electrons. The molecule has 0 bridgehead atoms. The van der Waals surface area contributed by atoms with Gasteiger partial charge in [-0.25, -0.2) is 17.9 Å². The summed E-state index contributed by atoms with van der Waals surface area (Å²) < 4.78 is 30.0. The molecule has 0 fully saturated rings. The number of fused-ring (bicyclic) bond motifs is 1. The lowest BCUT2D eigenvalue weighted by atomic mass is 9.99. The number of nitrogens with one attached hydrogen (secondary N) is 3. The SMILES string of the molecule is CCOC(=O)c1ccc2c(c1)NC(=O)/C2=C(\Nc1ccc(CN(C)CCCNS(C)(=O)=O)cc1)c1ccccc1. The van der Waals surface area contributed by atoms with Gasteiger partial charge in [-0.15, -0.1) is 0 Å². The van der Waals surface area contributed by atoms with Gasteiger partial charge in [-0.05, 0) is 62.3 Å². The summed E-state index contributed by atoms with van der Waals surface area (Å²) in [6, 6.07) is 22.7. The van der Waals surface area contributed by atoms with E-state index in [2.05, 4.69) is 20.3 Å². The van der Waals surface area contributed by atoms with E-state index in [9.17, 15) is 18.0 Å². The van der Waals surface area contributed by atoms with Crippen molar-refractivity contribution < 1.29 is 22.7 Å². The Morgan fingerprint density at radius 1 is 1.00 bits per heavy atom. The van der Waals surface area contributed by atoms with Crippen LogP contribution in [-0.4, -0.2) is 58.2 Å². The lowest BCUT2D eigenvalue weighted by Gasteiger charge is -2.18. The Hall–Kier alpha value is -3.99. The molecule has 3 aromatic rings. The van der Waals surface area contributed by atoms with E-state index in [1.165, 1.54) is 0 Å². The summed E-state index contributed by atoms with van der Waals surface area (Å²) in [5.74, 6) is -0.694. The molecule has 3 aromatic carbocycles. The van der Waals surface area contributed by atoms with Gasteiger partial charge in [-0.3, -0.25) is 4.79 Å². The Balaban J connectivity index is 1.54. The Morgan fingerprint density at radius 2 is 1.73 bits per heavy atom. The van der Waals surface area contributed by atoms with Crippen molar-refractivity contribution >= 4 is 44.5 Å². The minimum atomic E-state index is -3.17. The van der Waals surface area contributed by atoms with E-state index in [0.717, 1.165) is 29.6 Å². The summed E-state index contributed by atoms with van der Waals surface area (Å²) in [5.41, 5.74) is 5.56. The molecule has 0 aliphatic carbocycles. The molecule has 210 valence electrons. The first-order valence-electron chi connectivity index (χ1n) is 13.1. The Kier molecular flexibility index (Phi) is 9.36. The van der Waals surface area contributed by atoms with E-state index >= 15 is 0 Å². The molecule has 10 heteroatoms. The van der Waals surface area contributed by atoms with Gasteiger partial charge in [0.15, 0.2) is 0 Å². The zero-order valence-electron chi connectivity index (χ0n) is 22.9. The minimum absolute atomic E-state index is 0.258. The third-order valence-corrected chi connectivity index (χ3v) is 7.07. The zero-order chi connectivity index (χ0) is 28.7. The van der Waals surface area contributed by atoms with Gasteiger partial charge in [-0.2, -0.15) is 0 Å². The number of sulfonamides is 1. The molecule has 1 amide bonds. The van der Waals surface area contributed by atoms with Crippen molar-refractivity contribution in [3.8, 4) is 0 Å². The first kappa shape index (κ1) is 29.0. The van der Waals surface area contributed by atoms with Crippen LogP contribution in [0.1, 0.15) is 40.4 Å². The van der Waals surface area contributed by atoms with Crippen LogP contribution in [0.5, 0.6) is 0 Å². The summed E-state index contributed by atoms with van der Waals surface area (Å²) in [6.07, 6.45) is 1.87. The topological polar surface area (TPSA) is 117 Å². The van der Waals surface area contributed by atoms with Crippen LogP contribution < -0.4 is 15.4 Å². The fourth-order valence-corrected chi connectivity index (χ4v) is 5.00. The van der Waals surface area contributed by atoms with Crippen LogP contribution in [0.15, 0.2) is 72.8 Å². The Bertz CT molecular complexity index is 1500. The summed E-state index contributed by atoms with van der Waals surface area (Å²) in [4.78, 5) is 27.6. The maximum absolute atomic E-state index is 13.2. The van der Waals surface area contributed by atoms with Crippen molar-refractivity contribution in [1.29, 1.82) is 0 Å². The van der Waals surface area contributed by atoms with Gasteiger partial charge in [0.2, 0.25) is 10.0 Å². The van der Waals surface area contributed by atoms with Gasteiger partial charge in [0.25, 0.3) is 5.91 Å². The number of benzene rings is 3. The van der Waals surface area contributed by atoms with Crippen LogP contribution >= 0.6 is 0 Å². The maximum Gasteiger partial charge on any atom is 0.338 e. The Labute approximate surface area is 235 Å². The third kappa shape index (κ3) is 7.56. The third-order valence-electron chi connectivity index (χ3n) is 6.34. The number of esters is 1. The fourth-order valence-electron chi connectivity index (χ4n) is 4.48. The van der Waals surface area contributed by atoms with E-state index < -0.39 is 16.0 Å². The molecular weight excluding hydrogens is 528 g/mol. The van der Waals surface area contributed by atoms with Crippen molar-refractivity contribution in [2.24, 2.45) is 0 Å². The predicted octanol–water partition coefficient (Wildman–Crippen LogP) is 4.17. The molecule has 0 unspecified atom stereocenters.